The van der Waals surface area contributed by atoms with Crippen LogP contribution in [0.1, 0.15) is 24.0 Å². The Hall–Kier alpha value is -0.380. The second kappa shape index (κ2) is 6.69. The lowest BCUT2D eigenvalue weighted by Gasteiger charge is -2.33. The number of benzene rings is 1. The Labute approximate surface area is 119 Å². The standard InChI is InChI=1S/C15H23BrN2/c1-12-5-6-14(15(16)8-12)11-18-7-3-4-13(10-18)9-17-2/h5-6,8,13,17H,3-4,7,9-11H2,1-2H3. The molecule has 3 heteroatoms. The largest absolute Gasteiger partial charge is 0.319 e. The summed E-state index contributed by atoms with van der Waals surface area (Å²) >= 11 is 3.68. The lowest BCUT2D eigenvalue weighted by atomic mass is 9.97. The van der Waals surface area contributed by atoms with Crippen molar-refractivity contribution >= 4 is 15.9 Å². The summed E-state index contributed by atoms with van der Waals surface area (Å²) < 4.78 is 1.25. The smallest absolute Gasteiger partial charge is 0.0245 e. The van der Waals surface area contributed by atoms with Crippen molar-refractivity contribution in [2.75, 3.05) is 26.7 Å². The molecule has 2 rings (SSSR count). The predicted octanol–water partition coefficient (Wildman–Crippen LogP) is 3.19. The summed E-state index contributed by atoms with van der Waals surface area (Å²) in [6, 6.07) is 6.67. The molecule has 1 atom stereocenters. The molecule has 1 unspecified atom stereocenters. The van der Waals surface area contributed by atoms with Crippen molar-refractivity contribution in [3.8, 4) is 0 Å². The molecule has 0 aliphatic carbocycles. The maximum Gasteiger partial charge on any atom is 0.0245 e. The van der Waals surface area contributed by atoms with Crippen LogP contribution < -0.4 is 5.32 Å². The van der Waals surface area contributed by atoms with Crippen molar-refractivity contribution in [1.29, 1.82) is 0 Å². The molecule has 1 heterocycles. The van der Waals surface area contributed by atoms with E-state index >= 15 is 0 Å². The first-order chi connectivity index (χ1) is 8.69. The number of aryl methyl sites for hydroxylation is 1. The third-order valence-corrected chi connectivity index (χ3v) is 4.44. The van der Waals surface area contributed by atoms with Gasteiger partial charge < -0.3 is 5.32 Å². The van der Waals surface area contributed by atoms with Crippen LogP contribution in [0.4, 0.5) is 0 Å². The van der Waals surface area contributed by atoms with Gasteiger partial charge >= 0.3 is 0 Å². The highest BCUT2D eigenvalue weighted by Crippen LogP contribution is 2.23. The molecule has 1 aromatic carbocycles. The van der Waals surface area contributed by atoms with Crippen LogP contribution in [0, 0.1) is 12.8 Å². The number of nitrogens with one attached hydrogen (secondary N) is 1. The van der Waals surface area contributed by atoms with Gasteiger partial charge in [-0.3, -0.25) is 4.90 Å². The molecule has 0 amide bonds. The minimum atomic E-state index is 0.813. The van der Waals surface area contributed by atoms with E-state index in [1.807, 2.05) is 0 Å². The molecule has 1 aliphatic rings. The quantitative estimate of drug-likeness (QED) is 0.919. The lowest BCUT2D eigenvalue weighted by molar-refractivity contribution is 0.166. The normalized spacial score (nSPS) is 21.2. The Bertz CT molecular complexity index is 390. The van der Waals surface area contributed by atoms with E-state index in [9.17, 15) is 0 Å². The van der Waals surface area contributed by atoms with Crippen molar-refractivity contribution in [3.63, 3.8) is 0 Å². The number of nitrogens with zero attached hydrogens (tertiary/aromatic N) is 1. The first-order valence-electron chi connectivity index (χ1n) is 6.81. The summed E-state index contributed by atoms with van der Waals surface area (Å²) in [6.07, 6.45) is 2.70. The van der Waals surface area contributed by atoms with E-state index in [1.54, 1.807) is 0 Å². The SMILES string of the molecule is CNCC1CCCN(Cc2ccc(C)cc2Br)C1. The summed E-state index contributed by atoms with van der Waals surface area (Å²) in [4.78, 5) is 2.58. The summed E-state index contributed by atoms with van der Waals surface area (Å²) in [7, 11) is 2.05. The van der Waals surface area contributed by atoms with Gasteiger partial charge in [0, 0.05) is 17.6 Å². The van der Waals surface area contributed by atoms with E-state index in [1.165, 1.54) is 41.5 Å². The molecule has 1 aliphatic heterocycles. The number of rotatable bonds is 4. The summed E-state index contributed by atoms with van der Waals surface area (Å²) in [5.41, 5.74) is 2.73. The molecular weight excluding hydrogens is 288 g/mol. The Morgan fingerprint density at radius 3 is 3.00 bits per heavy atom. The van der Waals surface area contributed by atoms with Crippen LogP contribution in [0.25, 0.3) is 0 Å². The molecule has 0 aromatic heterocycles. The third-order valence-electron chi connectivity index (χ3n) is 3.70. The molecule has 0 radical (unpaired) electrons. The number of halogens is 1. The molecule has 0 saturated carbocycles. The second-order valence-corrected chi connectivity index (χ2v) is 6.25. The van der Waals surface area contributed by atoms with Crippen LogP contribution >= 0.6 is 15.9 Å². The van der Waals surface area contributed by atoms with Gasteiger partial charge in [-0.1, -0.05) is 28.1 Å². The first kappa shape index (κ1) is 14.0. The van der Waals surface area contributed by atoms with E-state index in [2.05, 4.69) is 58.3 Å². The van der Waals surface area contributed by atoms with Crippen molar-refractivity contribution in [3.05, 3.63) is 33.8 Å². The van der Waals surface area contributed by atoms with Crippen molar-refractivity contribution in [2.24, 2.45) is 5.92 Å². The molecular formula is C15H23BrN2. The Balaban J connectivity index is 1.96. The van der Waals surface area contributed by atoms with Crippen molar-refractivity contribution in [2.45, 2.75) is 26.3 Å². The average Bonchev–Trinajstić information content (AvgIpc) is 2.34. The zero-order chi connectivity index (χ0) is 13.0. The zero-order valence-electron chi connectivity index (χ0n) is 11.4. The minimum absolute atomic E-state index is 0.813. The van der Waals surface area contributed by atoms with Gasteiger partial charge in [0.1, 0.15) is 0 Å². The fraction of sp³-hybridized carbons (Fsp3) is 0.600. The van der Waals surface area contributed by atoms with Gasteiger partial charge in [0.05, 0.1) is 0 Å². The molecule has 100 valence electrons. The monoisotopic (exact) mass is 310 g/mol. The molecule has 18 heavy (non-hydrogen) atoms. The Morgan fingerprint density at radius 2 is 2.28 bits per heavy atom. The van der Waals surface area contributed by atoms with Crippen LogP contribution in [0.5, 0.6) is 0 Å². The van der Waals surface area contributed by atoms with Crippen LogP contribution in [0.15, 0.2) is 22.7 Å². The average molecular weight is 311 g/mol. The highest BCUT2D eigenvalue weighted by Gasteiger charge is 2.19. The number of piperidine rings is 1. The highest BCUT2D eigenvalue weighted by atomic mass is 79.9. The topological polar surface area (TPSA) is 15.3 Å². The Morgan fingerprint density at radius 1 is 1.44 bits per heavy atom. The highest BCUT2D eigenvalue weighted by molar-refractivity contribution is 9.10. The minimum Gasteiger partial charge on any atom is -0.319 e. The van der Waals surface area contributed by atoms with Gasteiger partial charge in [0.2, 0.25) is 0 Å². The summed E-state index contributed by atoms with van der Waals surface area (Å²) in [6.45, 7) is 6.81. The van der Waals surface area contributed by atoms with Crippen LogP contribution in [0.3, 0.4) is 0 Å². The molecule has 1 fully saturated rings. The third kappa shape index (κ3) is 3.81. The molecule has 1 aromatic rings. The molecule has 2 nitrogen and oxygen atoms in total. The fourth-order valence-corrected chi connectivity index (χ4v) is 3.39. The van der Waals surface area contributed by atoms with Crippen LogP contribution in [-0.2, 0) is 6.54 Å². The van der Waals surface area contributed by atoms with Gasteiger partial charge in [-0.25, -0.2) is 0 Å². The van der Waals surface area contributed by atoms with E-state index in [-0.39, 0.29) is 0 Å². The number of likely N-dealkylation sites (tertiary alicyclic amines) is 1. The molecule has 0 bridgehead atoms. The van der Waals surface area contributed by atoms with E-state index in [0.29, 0.717) is 0 Å². The van der Waals surface area contributed by atoms with Gasteiger partial charge in [-0.15, -0.1) is 0 Å². The predicted molar refractivity (Wildman–Crippen MR) is 80.8 cm³/mol. The fourth-order valence-electron chi connectivity index (χ4n) is 2.77. The van der Waals surface area contributed by atoms with Gasteiger partial charge in [0.15, 0.2) is 0 Å². The van der Waals surface area contributed by atoms with Gasteiger partial charge in [0.25, 0.3) is 0 Å². The molecule has 0 spiro atoms. The van der Waals surface area contributed by atoms with Crippen LogP contribution in [-0.4, -0.2) is 31.6 Å². The van der Waals surface area contributed by atoms with E-state index < -0.39 is 0 Å². The van der Waals surface area contributed by atoms with Gasteiger partial charge in [-0.2, -0.15) is 0 Å². The van der Waals surface area contributed by atoms with Gasteiger partial charge in [-0.05, 0) is 63.0 Å². The molecule has 1 saturated heterocycles. The van der Waals surface area contributed by atoms with E-state index in [4.69, 9.17) is 0 Å². The maximum absolute atomic E-state index is 3.68. The second-order valence-electron chi connectivity index (χ2n) is 5.40. The first-order valence-corrected chi connectivity index (χ1v) is 7.60. The van der Waals surface area contributed by atoms with Crippen molar-refractivity contribution in [1.82, 2.24) is 10.2 Å². The lowest BCUT2D eigenvalue weighted by Crippen LogP contribution is -2.38. The zero-order valence-corrected chi connectivity index (χ0v) is 13.0. The molecule has 1 N–H and O–H groups in total. The number of hydrogen-bond donors (Lipinski definition) is 1. The Kier molecular flexibility index (Phi) is 5.22. The number of hydrogen-bond acceptors (Lipinski definition) is 2. The van der Waals surface area contributed by atoms with Crippen LogP contribution in [0.2, 0.25) is 0 Å². The summed E-state index contributed by atoms with van der Waals surface area (Å²) in [5.74, 6) is 0.813. The maximum atomic E-state index is 3.68. The van der Waals surface area contributed by atoms with E-state index in [0.717, 1.165) is 19.0 Å². The summed E-state index contributed by atoms with van der Waals surface area (Å²) in [5, 5.41) is 3.30. The van der Waals surface area contributed by atoms with Crippen molar-refractivity contribution < 1.29 is 0 Å².